The standard InChI is InChI=1S/C44H68O15/c1-22(45)54-21-30-33(55-23(2)46)34(56-24(3)47)35(57-25(4)48)38(59-30)58-29-19-27-26(40(7,8)37(29)51)13-14-31-41(27,9)17-18-42(10)36(28(49)20-43(31,42)11)44(12,53)32(50)15-16-39(5,6)52/h13,27-31,33-38,49,51-53H,14-21H2,1-12H3/t27-,28-,29+,30-,31-,33-,34+,35-,36+,37+,38-,41+,42-,43+,44+/m1/s1. The lowest BCUT2D eigenvalue weighted by molar-refractivity contribution is -0.328. The second-order valence-corrected chi connectivity index (χ2v) is 20.1. The number of carbonyl (C=O) groups is 5. The predicted octanol–water partition coefficient (Wildman–Crippen LogP) is 3.87. The zero-order valence-electron chi connectivity index (χ0n) is 36.9. The molecule has 4 fully saturated rings. The Kier molecular flexibility index (Phi) is 13.1. The van der Waals surface area contributed by atoms with Crippen molar-refractivity contribution in [1.82, 2.24) is 0 Å². The van der Waals surface area contributed by atoms with Gasteiger partial charge in [-0.2, -0.15) is 0 Å². The van der Waals surface area contributed by atoms with Crippen LogP contribution in [0.15, 0.2) is 11.6 Å². The summed E-state index contributed by atoms with van der Waals surface area (Å²) in [5.74, 6) is -4.26. The van der Waals surface area contributed by atoms with E-state index in [1.165, 1.54) is 13.8 Å². The van der Waals surface area contributed by atoms with Crippen molar-refractivity contribution in [2.75, 3.05) is 6.61 Å². The Morgan fingerprint density at radius 2 is 1.39 bits per heavy atom. The normalized spacial score (nSPS) is 41.2. The average Bonchev–Trinajstić information content (AvgIpc) is 3.31. The van der Waals surface area contributed by atoms with Crippen LogP contribution in [0.2, 0.25) is 0 Å². The van der Waals surface area contributed by atoms with Gasteiger partial charge in [0.2, 0.25) is 0 Å². The highest BCUT2D eigenvalue weighted by Gasteiger charge is 2.72. The maximum atomic E-state index is 13.7. The number of aliphatic hydroxyl groups excluding tert-OH is 2. The van der Waals surface area contributed by atoms with Crippen LogP contribution >= 0.6 is 0 Å². The summed E-state index contributed by atoms with van der Waals surface area (Å²) >= 11 is 0. The van der Waals surface area contributed by atoms with Gasteiger partial charge in [-0.05, 0) is 87.4 Å². The van der Waals surface area contributed by atoms with E-state index in [0.717, 1.165) is 26.3 Å². The van der Waals surface area contributed by atoms with Crippen LogP contribution < -0.4 is 0 Å². The maximum absolute atomic E-state index is 13.7. The molecule has 0 amide bonds. The van der Waals surface area contributed by atoms with E-state index in [2.05, 4.69) is 26.8 Å². The predicted molar refractivity (Wildman–Crippen MR) is 210 cm³/mol. The monoisotopic (exact) mass is 836 g/mol. The Labute approximate surface area is 347 Å². The number of hydrogen-bond donors (Lipinski definition) is 4. The summed E-state index contributed by atoms with van der Waals surface area (Å²) in [4.78, 5) is 62.9. The van der Waals surface area contributed by atoms with Gasteiger partial charge in [0.1, 0.15) is 18.3 Å². The Hall–Kier alpha value is -2.95. The molecule has 5 rings (SSSR count). The quantitative estimate of drug-likeness (QED) is 0.125. The van der Waals surface area contributed by atoms with Gasteiger partial charge >= 0.3 is 23.9 Å². The summed E-state index contributed by atoms with van der Waals surface area (Å²) in [6.07, 6.45) is -4.95. The van der Waals surface area contributed by atoms with Crippen LogP contribution in [0.3, 0.4) is 0 Å². The third-order valence-electron chi connectivity index (χ3n) is 15.2. The van der Waals surface area contributed by atoms with Crippen molar-refractivity contribution < 1.29 is 72.8 Å². The zero-order valence-corrected chi connectivity index (χ0v) is 36.9. The number of hydrogen-bond acceptors (Lipinski definition) is 15. The van der Waals surface area contributed by atoms with Gasteiger partial charge in [-0.25, -0.2) is 0 Å². The number of ether oxygens (including phenoxy) is 6. The van der Waals surface area contributed by atoms with Crippen molar-refractivity contribution in [3.05, 3.63) is 11.6 Å². The van der Waals surface area contributed by atoms with E-state index in [9.17, 15) is 44.4 Å². The van der Waals surface area contributed by atoms with Crippen LogP contribution in [-0.4, -0.2) is 117 Å². The lowest BCUT2D eigenvalue weighted by Gasteiger charge is -2.66. The first-order valence-corrected chi connectivity index (χ1v) is 21.0. The van der Waals surface area contributed by atoms with Crippen molar-refractivity contribution >= 4 is 29.7 Å². The van der Waals surface area contributed by atoms with Crippen molar-refractivity contribution in [3.8, 4) is 0 Å². The molecule has 0 unspecified atom stereocenters. The molecular formula is C44H68O15. The van der Waals surface area contributed by atoms with Crippen LogP contribution in [0.25, 0.3) is 0 Å². The molecule has 0 aromatic heterocycles. The Morgan fingerprint density at radius 3 is 1.95 bits per heavy atom. The van der Waals surface area contributed by atoms with E-state index in [4.69, 9.17) is 28.4 Å². The number of ketones is 1. The fourth-order valence-electron chi connectivity index (χ4n) is 12.2. The highest BCUT2D eigenvalue weighted by atomic mass is 16.7. The molecular weight excluding hydrogens is 768 g/mol. The first kappa shape index (κ1) is 47.1. The minimum Gasteiger partial charge on any atom is -0.463 e. The maximum Gasteiger partial charge on any atom is 0.303 e. The first-order chi connectivity index (χ1) is 27.0. The highest BCUT2D eigenvalue weighted by molar-refractivity contribution is 5.87. The van der Waals surface area contributed by atoms with E-state index in [-0.39, 0.29) is 24.7 Å². The lowest BCUT2D eigenvalue weighted by atomic mass is 9.38. The van der Waals surface area contributed by atoms with E-state index in [0.29, 0.717) is 32.1 Å². The Balaban J connectivity index is 1.50. The molecule has 4 aliphatic carbocycles. The summed E-state index contributed by atoms with van der Waals surface area (Å²) in [6.45, 7) is 19.4. The number of Topliss-reactive ketones (excluding diaryl/α,β-unsaturated/α-hetero) is 1. The molecule has 0 bridgehead atoms. The molecule has 0 spiro atoms. The van der Waals surface area contributed by atoms with Crippen molar-refractivity contribution in [2.45, 2.75) is 188 Å². The van der Waals surface area contributed by atoms with E-state index < -0.39 is 124 Å². The molecule has 0 aromatic rings. The summed E-state index contributed by atoms with van der Waals surface area (Å²) in [5.41, 5.74) is -4.24. The number of fused-ring (bicyclic) bond motifs is 5. The van der Waals surface area contributed by atoms with Gasteiger partial charge in [-0.1, -0.05) is 46.3 Å². The number of esters is 4. The van der Waals surface area contributed by atoms with Crippen molar-refractivity contribution in [1.29, 1.82) is 0 Å². The SMILES string of the molecule is CC(=O)OC[C@H]1O[C@@H](O[C@H]2C[C@@H]3C(=CC[C@@H]4[C@@]3(C)CC[C@]3(C)[C@@H]([C@@](C)(O)C(=O)CCC(C)(C)O)[C@H](O)C[C@@]43C)C(C)(C)[C@H]2O)[C@H](OC(C)=O)[C@@H](OC(C)=O)[C@@H]1OC(C)=O. The van der Waals surface area contributed by atoms with Crippen molar-refractivity contribution in [2.24, 2.45) is 39.4 Å². The minimum atomic E-state index is -1.83. The molecule has 1 saturated heterocycles. The van der Waals surface area contributed by atoms with Gasteiger partial charge in [0.05, 0.1) is 23.9 Å². The Morgan fingerprint density at radius 1 is 0.814 bits per heavy atom. The molecule has 5 aliphatic rings. The summed E-state index contributed by atoms with van der Waals surface area (Å²) in [7, 11) is 0. The number of allylic oxidation sites excluding steroid dienone is 1. The summed E-state index contributed by atoms with van der Waals surface area (Å²) in [6, 6.07) is 0. The number of carbonyl (C=O) groups excluding carboxylic acids is 5. The second kappa shape index (κ2) is 16.4. The molecule has 1 aliphatic heterocycles. The van der Waals surface area contributed by atoms with E-state index in [1.807, 2.05) is 13.8 Å². The molecule has 15 heteroatoms. The van der Waals surface area contributed by atoms with E-state index in [1.54, 1.807) is 13.8 Å². The summed E-state index contributed by atoms with van der Waals surface area (Å²) < 4.78 is 35.0. The lowest BCUT2D eigenvalue weighted by Crippen LogP contribution is -2.65. The average molecular weight is 837 g/mol. The van der Waals surface area contributed by atoms with Gasteiger partial charge in [0, 0.05) is 45.4 Å². The highest BCUT2D eigenvalue weighted by Crippen LogP contribution is 2.75. The van der Waals surface area contributed by atoms with E-state index >= 15 is 0 Å². The van der Waals surface area contributed by atoms with Crippen LogP contribution in [0.4, 0.5) is 0 Å². The van der Waals surface area contributed by atoms with Crippen molar-refractivity contribution in [3.63, 3.8) is 0 Å². The molecule has 1 heterocycles. The molecule has 15 nitrogen and oxygen atoms in total. The van der Waals surface area contributed by atoms with Crippen LogP contribution in [0, 0.1) is 39.4 Å². The minimum absolute atomic E-state index is 0.0122. The topological polar surface area (TPSA) is 222 Å². The van der Waals surface area contributed by atoms with Crippen LogP contribution in [-0.2, 0) is 52.4 Å². The van der Waals surface area contributed by atoms with Gasteiger partial charge in [0.25, 0.3) is 0 Å². The largest absolute Gasteiger partial charge is 0.463 e. The molecule has 15 atom stereocenters. The van der Waals surface area contributed by atoms with Gasteiger partial charge in [-0.3, -0.25) is 24.0 Å². The molecule has 0 radical (unpaired) electrons. The molecule has 334 valence electrons. The van der Waals surface area contributed by atoms with Crippen LogP contribution in [0.5, 0.6) is 0 Å². The molecule has 59 heavy (non-hydrogen) atoms. The third kappa shape index (κ3) is 8.62. The van der Waals surface area contributed by atoms with Gasteiger partial charge < -0.3 is 48.8 Å². The van der Waals surface area contributed by atoms with Gasteiger partial charge in [0.15, 0.2) is 30.4 Å². The molecule has 0 aromatic carbocycles. The smallest absolute Gasteiger partial charge is 0.303 e. The number of rotatable bonds is 12. The summed E-state index contributed by atoms with van der Waals surface area (Å²) in [5, 5.41) is 46.3. The third-order valence-corrected chi connectivity index (χ3v) is 15.2. The molecule has 4 N–H and O–H groups in total. The van der Waals surface area contributed by atoms with Gasteiger partial charge in [-0.15, -0.1) is 0 Å². The van der Waals surface area contributed by atoms with Crippen LogP contribution in [0.1, 0.15) is 128 Å². The zero-order chi connectivity index (χ0) is 44.4. The fraction of sp³-hybridized carbons (Fsp3) is 0.841. The Bertz CT molecular complexity index is 1680. The second-order valence-electron chi connectivity index (χ2n) is 20.1. The molecule has 3 saturated carbocycles. The first-order valence-electron chi connectivity index (χ1n) is 21.0. The number of aliphatic hydroxyl groups is 4. The fourth-order valence-corrected chi connectivity index (χ4v) is 12.2.